The summed E-state index contributed by atoms with van der Waals surface area (Å²) in [5, 5.41) is 4.00. The fraction of sp³-hybridized carbons (Fsp3) is 0.130. The van der Waals surface area contributed by atoms with Crippen molar-refractivity contribution in [3.8, 4) is 5.75 Å². The molecule has 0 radical (unpaired) electrons. The topological polar surface area (TPSA) is 78.3 Å². The van der Waals surface area contributed by atoms with Crippen LogP contribution in [0.2, 0.25) is 0 Å². The van der Waals surface area contributed by atoms with Gasteiger partial charge in [0.15, 0.2) is 5.78 Å². The van der Waals surface area contributed by atoms with Gasteiger partial charge in [-0.15, -0.1) is 13.2 Å². The summed E-state index contributed by atoms with van der Waals surface area (Å²) in [4.78, 5) is 12.0. The van der Waals surface area contributed by atoms with E-state index in [9.17, 15) is 43.9 Å². The molecule has 1 heterocycles. The number of ether oxygens (including phenoxy) is 1. The third kappa shape index (κ3) is 5.43. The van der Waals surface area contributed by atoms with Gasteiger partial charge < -0.3 is 4.74 Å². The van der Waals surface area contributed by atoms with Crippen LogP contribution in [0.4, 0.5) is 30.7 Å². The number of halogens is 7. The highest BCUT2D eigenvalue weighted by Crippen LogP contribution is 2.34. The lowest BCUT2D eigenvalue weighted by molar-refractivity contribution is -0.274. The van der Waals surface area contributed by atoms with Crippen molar-refractivity contribution in [2.75, 3.05) is 0 Å². The number of nitrogens with zero attached hydrogens (tertiary/aromatic N) is 2. The minimum atomic E-state index is -5.06. The van der Waals surface area contributed by atoms with Crippen LogP contribution < -0.4 is 4.74 Å². The lowest BCUT2D eigenvalue weighted by Gasteiger charge is -2.13. The Bertz CT molecular complexity index is 1610. The van der Waals surface area contributed by atoms with E-state index in [0.29, 0.717) is 22.3 Å². The number of alkyl halides is 6. The zero-order valence-electron chi connectivity index (χ0n) is 18.1. The van der Waals surface area contributed by atoms with Crippen molar-refractivity contribution >= 4 is 26.7 Å². The molecule has 0 saturated carbocycles. The minimum absolute atomic E-state index is 0.0417. The Kier molecular flexibility index (Phi) is 6.48. The zero-order valence-corrected chi connectivity index (χ0v) is 19.0. The van der Waals surface area contributed by atoms with Gasteiger partial charge in [0, 0.05) is 17.9 Å². The first kappa shape index (κ1) is 26.1. The maximum absolute atomic E-state index is 14.2. The molecule has 4 aromatic rings. The fourth-order valence-corrected chi connectivity index (χ4v) is 4.90. The van der Waals surface area contributed by atoms with E-state index in [4.69, 9.17) is 0 Å². The van der Waals surface area contributed by atoms with Gasteiger partial charge in [0.25, 0.3) is 10.0 Å². The van der Waals surface area contributed by atoms with Crippen molar-refractivity contribution in [1.82, 2.24) is 9.19 Å². The second kappa shape index (κ2) is 9.18. The summed E-state index contributed by atoms with van der Waals surface area (Å²) in [5.41, 5.74) is -2.68. The summed E-state index contributed by atoms with van der Waals surface area (Å²) < 4.78 is 122. The van der Waals surface area contributed by atoms with Crippen molar-refractivity contribution < 1.29 is 48.7 Å². The van der Waals surface area contributed by atoms with E-state index in [2.05, 4.69) is 9.84 Å². The van der Waals surface area contributed by atoms with Gasteiger partial charge in [0.05, 0.1) is 27.7 Å². The maximum Gasteiger partial charge on any atom is 0.573 e. The average Bonchev–Trinajstić information content (AvgIpc) is 3.21. The van der Waals surface area contributed by atoms with Gasteiger partial charge in [-0.1, -0.05) is 24.3 Å². The molecule has 14 heteroatoms. The Labute approximate surface area is 203 Å². The van der Waals surface area contributed by atoms with Gasteiger partial charge in [-0.3, -0.25) is 4.79 Å². The molecule has 0 N–H and O–H groups in total. The van der Waals surface area contributed by atoms with Gasteiger partial charge in [-0.2, -0.15) is 30.8 Å². The number of rotatable bonds is 6. The highest BCUT2D eigenvalue weighted by molar-refractivity contribution is 7.90. The Morgan fingerprint density at radius 3 is 2.32 bits per heavy atom. The summed E-state index contributed by atoms with van der Waals surface area (Å²) in [6.07, 6.45) is -9.63. The summed E-state index contributed by atoms with van der Waals surface area (Å²) in [6.45, 7) is 0. The molecule has 3 aromatic carbocycles. The third-order valence-electron chi connectivity index (χ3n) is 5.13. The van der Waals surface area contributed by atoms with Gasteiger partial charge in [-0.05, 0) is 35.9 Å². The number of hydrogen-bond acceptors (Lipinski definition) is 5. The second-order valence-corrected chi connectivity index (χ2v) is 9.44. The summed E-state index contributed by atoms with van der Waals surface area (Å²) in [5.74, 6) is -3.35. The van der Waals surface area contributed by atoms with Crippen LogP contribution in [0.1, 0.15) is 21.5 Å². The number of hydrogen-bond donors (Lipinski definition) is 0. The van der Waals surface area contributed by atoms with Crippen LogP contribution in [0.25, 0.3) is 10.9 Å². The Hall–Kier alpha value is -3.94. The number of carbonyl (C=O) groups excluding carboxylic acids is 1. The van der Waals surface area contributed by atoms with Gasteiger partial charge in [0.2, 0.25) is 0 Å². The normalized spacial score (nSPS) is 12.6. The molecule has 37 heavy (non-hydrogen) atoms. The van der Waals surface area contributed by atoms with Crippen LogP contribution >= 0.6 is 0 Å². The molecule has 0 saturated heterocycles. The number of carbonyl (C=O) groups is 1. The third-order valence-corrected chi connectivity index (χ3v) is 6.73. The first-order valence-electron chi connectivity index (χ1n) is 10.1. The number of ketones is 1. The molecule has 0 amide bonds. The Morgan fingerprint density at radius 1 is 0.946 bits per heavy atom. The maximum atomic E-state index is 14.2. The number of benzene rings is 3. The van der Waals surface area contributed by atoms with Crippen molar-refractivity contribution in [1.29, 1.82) is 0 Å². The molecule has 6 nitrogen and oxygen atoms in total. The molecule has 0 bridgehead atoms. The van der Waals surface area contributed by atoms with E-state index in [0.717, 1.165) is 36.5 Å². The Morgan fingerprint density at radius 2 is 1.65 bits per heavy atom. The molecular formula is C23H13F7N2O4S. The predicted molar refractivity (Wildman–Crippen MR) is 115 cm³/mol. The van der Waals surface area contributed by atoms with Crippen molar-refractivity contribution in [3.63, 3.8) is 0 Å². The molecule has 0 aliphatic heterocycles. The average molecular weight is 546 g/mol. The molecule has 0 atom stereocenters. The standard InChI is InChI=1S/C23H13F7N2O4S/c24-18-6-2-5-17(22(25,26)27)21(18)20(33)10-13-7-8-14-12-31-32(19(14)9-13)37(34,35)16-4-1-3-15(11-16)36-23(28,29)30/h1-9,11-12H,10H2. The second-order valence-electron chi connectivity index (χ2n) is 7.67. The summed E-state index contributed by atoms with van der Waals surface area (Å²) in [6, 6.07) is 9.49. The van der Waals surface area contributed by atoms with Gasteiger partial charge in [0.1, 0.15) is 11.6 Å². The van der Waals surface area contributed by atoms with Crippen LogP contribution in [0.5, 0.6) is 5.75 Å². The molecule has 0 fully saturated rings. The molecule has 0 unspecified atom stereocenters. The number of fused-ring (bicyclic) bond motifs is 1. The van der Waals surface area contributed by atoms with E-state index < -0.39 is 62.4 Å². The lowest BCUT2D eigenvalue weighted by Crippen LogP contribution is -2.18. The van der Waals surface area contributed by atoms with E-state index in [1.807, 2.05) is 0 Å². The summed E-state index contributed by atoms with van der Waals surface area (Å²) >= 11 is 0. The molecular weight excluding hydrogens is 533 g/mol. The molecule has 194 valence electrons. The summed E-state index contributed by atoms with van der Waals surface area (Å²) in [7, 11) is -4.57. The van der Waals surface area contributed by atoms with Crippen LogP contribution in [-0.2, 0) is 22.6 Å². The van der Waals surface area contributed by atoms with E-state index >= 15 is 0 Å². The quantitative estimate of drug-likeness (QED) is 0.227. The van der Waals surface area contributed by atoms with Crippen LogP contribution in [0.3, 0.4) is 0 Å². The molecule has 0 spiro atoms. The SMILES string of the molecule is O=C(Cc1ccc2cnn(S(=O)(=O)c3cccc(OC(F)(F)F)c3)c2c1)c1c(F)cccc1C(F)(F)F. The van der Waals surface area contributed by atoms with E-state index in [-0.39, 0.29) is 16.5 Å². The van der Waals surface area contributed by atoms with Crippen molar-refractivity contribution in [3.05, 3.63) is 89.4 Å². The highest BCUT2D eigenvalue weighted by atomic mass is 32.2. The molecule has 0 aliphatic carbocycles. The first-order valence-corrected chi connectivity index (χ1v) is 11.6. The number of Topliss-reactive ketones (excluding diaryl/α,β-unsaturated/α-hetero) is 1. The lowest BCUT2D eigenvalue weighted by atomic mass is 9.97. The Balaban J connectivity index is 1.71. The minimum Gasteiger partial charge on any atom is -0.406 e. The molecule has 0 aliphatic rings. The van der Waals surface area contributed by atoms with Crippen LogP contribution in [0.15, 0.2) is 71.8 Å². The van der Waals surface area contributed by atoms with Crippen LogP contribution in [0, 0.1) is 5.82 Å². The first-order chi connectivity index (χ1) is 17.2. The molecule has 1 aromatic heterocycles. The predicted octanol–water partition coefficient (Wildman–Crippen LogP) is 5.76. The van der Waals surface area contributed by atoms with E-state index in [1.54, 1.807) is 0 Å². The van der Waals surface area contributed by atoms with Crippen molar-refractivity contribution in [2.45, 2.75) is 23.9 Å². The smallest absolute Gasteiger partial charge is 0.406 e. The highest BCUT2D eigenvalue weighted by Gasteiger charge is 2.36. The monoisotopic (exact) mass is 546 g/mol. The van der Waals surface area contributed by atoms with Crippen molar-refractivity contribution in [2.24, 2.45) is 0 Å². The van der Waals surface area contributed by atoms with Gasteiger partial charge in [-0.25, -0.2) is 4.39 Å². The van der Waals surface area contributed by atoms with E-state index in [1.165, 1.54) is 12.1 Å². The number of aromatic nitrogens is 2. The fourth-order valence-electron chi connectivity index (χ4n) is 3.59. The zero-order chi connectivity index (χ0) is 27.2. The van der Waals surface area contributed by atoms with Crippen LogP contribution in [-0.4, -0.2) is 29.7 Å². The van der Waals surface area contributed by atoms with Gasteiger partial charge >= 0.3 is 12.5 Å². The largest absolute Gasteiger partial charge is 0.573 e. The molecule has 4 rings (SSSR count).